The third-order valence-electron chi connectivity index (χ3n) is 2.85. The molecule has 0 aromatic heterocycles. The first-order chi connectivity index (χ1) is 8.31. The van der Waals surface area contributed by atoms with Gasteiger partial charge in [-0.2, -0.15) is 0 Å². The topological polar surface area (TPSA) is 26.3 Å². The predicted molar refractivity (Wildman–Crippen MR) is 73.0 cm³/mol. The molecule has 0 aromatic rings. The number of hydrogen-bond donors (Lipinski definition) is 0. The van der Waals surface area contributed by atoms with E-state index in [0.717, 1.165) is 12.8 Å². The first-order valence-electron chi connectivity index (χ1n) is 7.07. The minimum atomic E-state index is -0.0766. The highest BCUT2D eigenvalue weighted by molar-refractivity contribution is 5.68. The molecule has 0 bridgehead atoms. The van der Waals surface area contributed by atoms with Crippen LogP contribution in [0, 0.1) is 0 Å². The van der Waals surface area contributed by atoms with Gasteiger partial charge in [0, 0.05) is 6.42 Å². The van der Waals surface area contributed by atoms with Gasteiger partial charge in [0.05, 0.1) is 6.61 Å². The van der Waals surface area contributed by atoms with E-state index in [1.165, 1.54) is 44.9 Å². The van der Waals surface area contributed by atoms with E-state index in [0.29, 0.717) is 13.0 Å². The summed E-state index contributed by atoms with van der Waals surface area (Å²) in [5.41, 5.74) is 0. The van der Waals surface area contributed by atoms with Crippen LogP contribution < -0.4 is 0 Å². The first kappa shape index (κ1) is 16.2. The third-order valence-corrected chi connectivity index (χ3v) is 2.85. The zero-order chi connectivity index (χ0) is 12.8. The summed E-state index contributed by atoms with van der Waals surface area (Å²) in [6.07, 6.45) is 13.7. The van der Waals surface area contributed by atoms with Crippen molar-refractivity contribution in [1.82, 2.24) is 0 Å². The van der Waals surface area contributed by atoms with Gasteiger partial charge in [0.2, 0.25) is 0 Å². The highest BCUT2D eigenvalue weighted by Gasteiger charge is 1.97. The van der Waals surface area contributed by atoms with Gasteiger partial charge in [0.1, 0.15) is 0 Å². The molecule has 0 rings (SSSR count). The minimum Gasteiger partial charge on any atom is -0.466 e. The monoisotopic (exact) mass is 240 g/mol. The number of carbonyl (C=O) groups is 1. The fourth-order valence-corrected chi connectivity index (χ4v) is 1.74. The van der Waals surface area contributed by atoms with Gasteiger partial charge in [-0.15, -0.1) is 6.58 Å². The molecule has 0 spiro atoms. The number of esters is 1. The highest BCUT2D eigenvalue weighted by Crippen LogP contribution is 2.09. The van der Waals surface area contributed by atoms with Gasteiger partial charge < -0.3 is 4.74 Å². The molecule has 0 heterocycles. The van der Waals surface area contributed by atoms with Gasteiger partial charge in [-0.25, -0.2) is 0 Å². The number of carbonyl (C=O) groups excluding carboxylic acids is 1. The summed E-state index contributed by atoms with van der Waals surface area (Å²) in [6, 6.07) is 0. The maximum Gasteiger partial charge on any atom is 0.305 e. The van der Waals surface area contributed by atoms with E-state index < -0.39 is 0 Å². The molecular weight excluding hydrogens is 212 g/mol. The standard InChI is InChI=1S/C15H28O2/c1-3-5-6-7-8-9-10-11-12-13-14-17-15(16)4-2/h3H,1,4-14H2,2H3. The Balaban J connectivity index is 2.98. The Morgan fingerprint density at radius 3 is 2.06 bits per heavy atom. The molecule has 0 aliphatic carbocycles. The quantitative estimate of drug-likeness (QED) is 0.282. The lowest BCUT2D eigenvalue weighted by Gasteiger charge is -2.03. The fraction of sp³-hybridized carbons (Fsp3) is 0.800. The Bertz CT molecular complexity index is 187. The van der Waals surface area contributed by atoms with Crippen LogP contribution in [-0.4, -0.2) is 12.6 Å². The molecule has 0 amide bonds. The molecule has 0 saturated heterocycles. The second kappa shape index (κ2) is 13.3. The Kier molecular flexibility index (Phi) is 12.7. The van der Waals surface area contributed by atoms with Crippen molar-refractivity contribution < 1.29 is 9.53 Å². The van der Waals surface area contributed by atoms with E-state index in [2.05, 4.69) is 6.58 Å². The van der Waals surface area contributed by atoms with Crippen LogP contribution in [0.25, 0.3) is 0 Å². The average Bonchev–Trinajstić information content (AvgIpc) is 2.35. The van der Waals surface area contributed by atoms with Crippen molar-refractivity contribution in [2.75, 3.05) is 6.61 Å². The molecular formula is C15H28O2. The summed E-state index contributed by atoms with van der Waals surface area (Å²) in [4.78, 5) is 10.8. The number of allylic oxidation sites excluding steroid dienone is 1. The Morgan fingerprint density at radius 1 is 1.00 bits per heavy atom. The first-order valence-corrected chi connectivity index (χ1v) is 7.07. The molecule has 0 fully saturated rings. The van der Waals surface area contributed by atoms with Crippen LogP contribution in [0.3, 0.4) is 0 Å². The van der Waals surface area contributed by atoms with Gasteiger partial charge in [0.15, 0.2) is 0 Å². The largest absolute Gasteiger partial charge is 0.466 e. The second-order valence-electron chi connectivity index (χ2n) is 4.48. The van der Waals surface area contributed by atoms with Gasteiger partial charge in [-0.05, 0) is 19.3 Å². The number of ether oxygens (including phenoxy) is 1. The lowest BCUT2D eigenvalue weighted by Crippen LogP contribution is -2.03. The SMILES string of the molecule is C=CCCCCCCCCCCOC(=O)CC. The molecule has 0 radical (unpaired) electrons. The summed E-state index contributed by atoms with van der Waals surface area (Å²) in [7, 11) is 0. The van der Waals surface area contributed by atoms with E-state index in [1.807, 2.05) is 13.0 Å². The Morgan fingerprint density at radius 2 is 1.53 bits per heavy atom. The van der Waals surface area contributed by atoms with Crippen LogP contribution in [0.1, 0.15) is 71.1 Å². The number of hydrogen-bond acceptors (Lipinski definition) is 2. The second-order valence-corrected chi connectivity index (χ2v) is 4.48. The van der Waals surface area contributed by atoms with Crippen LogP contribution >= 0.6 is 0 Å². The highest BCUT2D eigenvalue weighted by atomic mass is 16.5. The molecule has 0 aliphatic rings. The summed E-state index contributed by atoms with van der Waals surface area (Å²) in [6.45, 7) is 6.15. The Hall–Kier alpha value is -0.790. The van der Waals surface area contributed by atoms with Gasteiger partial charge in [-0.3, -0.25) is 4.79 Å². The van der Waals surface area contributed by atoms with Crippen molar-refractivity contribution in [3.63, 3.8) is 0 Å². The number of rotatable bonds is 12. The van der Waals surface area contributed by atoms with Crippen molar-refractivity contribution >= 4 is 5.97 Å². The van der Waals surface area contributed by atoms with Crippen molar-refractivity contribution in [2.24, 2.45) is 0 Å². The molecule has 2 heteroatoms. The van der Waals surface area contributed by atoms with Crippen molar-refractivity contribution in [2.45, 2.75) is 71.1 Å². The van der Waals surface area contributed by atoms with E-state index >= 15 is 0 Å². The van der Waals surface area contributed by atoms with Crippen LogP contribution in [0.15, 0.2) is 12.7 Å². The normalized spacial score (nSPS) is 10.2. The van der Waals surface area contributed by atoms with E-state index in [-0.39, 0.29) is 5.97 Å². The molecule has 17 heavy (non-hydrogen) atoms. The van der Waals surface area contributed by atoms with Crippen molar-refractivity contribution in [3.05, 3.63) is 12.7 Å². The zero-order valence-corrected chi connectivity index (χ0v) is 11.4. The van der Waals surface area contributed by atoms with Gasteiger partial charge in [-0.1, -0.05) is 51.5 Å². The summed E-state index contributed by atoms with van der Waals surface area (Å²) < 4.78 is 5.01. The molecule has 100 valence electrons. The maximum absolute atomic E-state index is 10.8. The third kappa shape index (κ3) is 13.1. The lowest BCUT2D eigenvalue weighted by atomic mass is 10.1. The van der Waals surface area contributed by atoms with Crippen molar-refractivity contribution in [1.29, 1.82) is 0 Å². The fourth-order valence-electron chi connectivity index (χ4n) is 1.74. The van der Waals surface area contributed by atoms with Gasteiger partial charge >= 0.3 is 5.97 Å². The van der Waals surface area contributed by atoms with Crippen LogP contribution in [0.4, 0.5) is 0 Å². The maximum atomic E-state index is 10.8. The smallest absolute Gasteiger partial charge is 0.305 e. The average molecular weight is 240 g/mol. The number of unbranched alkanes of at least 4 members (excludes halogenated alkanes) is 8. The summed E-state index contributed by atoms with van der Waals surface area (Å²) in [5.74, 6) is -0.0766. The predicted octanol–water partition coefficient (Wildman–Crippen LogP) is 4.64. The Labute approximate surface area is 106 Å². The minimum absolute atomic E-state index is 0.0766. The molecule has 0 N–H and O–H groups in total. The van der Waals surface area contributed by atoms with E-state index in [1.54, 1.807) is 0 Å². The molecule has 0 aromatic carbocycles. The molecule has 2 nitrogen and oxygen atoms in total. The van der Waals surface area contributed by atoms with Crippen molar-refractivity contribution in [3.8, 4) is 0 Å². The van der Waals surface area contributed by atoms with Crippen LogP contribution in [-0.2, 0) is 9.53 Å². The van der Waals surface area contributed by atoms with E-state index in [9.17, 15) is 4.79 Å². The summed E-state index contributed by atoms with van der Waals surface area (Å²) >= 11 is 0. The molecule has 0 atom stereocenters. The lowest BCUT2D eigenvalue weighted by molar-refractivity contribution is -0.143. The molecule has 0 aliphatic heterocycles. The zero-order valence-electron chi connectivity index (χ0n) is 11.4. The summed E-state index contributed by atoms with van der Waals surface area (Å²) in [5, 5.41) is 0. The van der Waals surface area contributed by atoms with E-state index in [4.69, 9.17) is 4.74 Å². The molecule has 0 unspecified atom stereocenters. The molecule has 0 saturated carbocycles. The van der Waals surface area contributed by atoms with Gasteiger partial charge in [0.25, 0.3) is 0 Å². The van der Waals surface area contributed by atoms with Crippen LogP contribution in [0.2, 0.25) is 0 Å². The van der Waals surface area contributed by atoms with Crippen LogP contribution in [0.5, 0.6) is 0 Å².